The van der Waals surface area contributed by atoms with Gasteiger partial charge in [0.25, 0.3) is 0 Å². The van der Waals surface area contributed by atoms with Gasteiger partial charge in [-0.2, -0.15) is 0 Å². The molecule has 0 saturated carbocycles. The quantitative estimate of drug-likeness (QED) is 0.0423. The number of hydrogen-bond donors (Lipinski definition) is 21. The van der Waals surface area contributed by atoms with Gasteiger partial charge < -0.3 is 147 Å². The number of aliphatic hydroxyl groups excluding tert-OH is 7. The van der Waals surface area contributed by atoms with Crippen LogP contribution in [0.25, 0.3) is 11.1 Å². The van der Waals surface area contributed by atoms with Crippen LogP contribution < -0.4 is 71.5 Å². The molecule has 8 heterocycles. The minimum atomic E-state index is -2.45. The number of likely N-dealkylation sites (N-methyl/N-ethyl adjacent to an activating group) is 1. The Morgan fingerprint density at radius 2 is 1.21 bits per heavy atom. The van der Waals surface area contributed by atoms with Crippen molar-refractivity contribution in [1.82, 2.24) is 52.8 Å². The lowest BCUT2D eigenvalue weighted by Crippen LogP contribution is -2.66. The van der Waals surface area contributed by atoms with Gasteiger partial charge in [0.1, 0.15) is 131 Å². The number of carbonyl (C=O) groups is 9. The van der Waals surface area contributed by atoms with Crippen molar-refractivity contribution in [3.05, 3.63) is 164 Å². The molecule has 40 heteroatoms. The highest BCUT2D eigenvalue weighted by atomic mass is 35.5. The first-order chi connectivity index (χ1) is 61.1. The third kappa shape index (κ3) is 21.1. The number of hydrogen-bond acceptors (Lipinski definition) is 29. The van der Waals surface area contributed by atoms with E-state index in [0.717, 1.165) is 105 Å². The highest BCUT2D eigenvalue weighted by Gasteiger charge is 2.52. The average molecular weight is 1820 g/mol. The van der Waals surface area contributed by atoms with Crippen molar-refractivity contribution in [1.29, 1.82) is 0 Å². The van der Waals surface area contributed by atoms with Crippen molar-refractivity contribution in [2.75, 3.05) is 40.8 Å². The molecule has 0 unspecified atom stereocenters. The van der Waals surface area contributed by atoms with Gasteiger partial charge in [-0.3, -0.25) is 38.4 Å². The second-order valence-electron chi connectivity index (χ2n) is 32.7. The number of carboxylic acids is 1. The third-order valence-corrected chi connectivity index (χ3v) is 23.4. The third-order valence-electron chi connectivity index (χ3n) is 22.7. The van der Waals surface area contributed by atoms with Gasteiger partial charge in [-0.1, -0.05) is 106 Å². The summed E-state index contributed by atoms with van der Waals surface area (Å²) < 4.78 is 44.5. The van der Waals surface area contributed by atoms with E-state index in [4.69, 9.17) is 56.4 Å². The number of carbonyl (C=O) groups excluding carboxylic acids is 8. The topological polar surface area (TPSA) is 573 Å². The van der Waals surface area contributed by atoms with Crippen LogP contribution in [-0.2, 0) is 59.0 Å². The molecule has 7 aromatic rings. The molecule has 0 spiro atoms. The maximum atomic E-state index is 16.8. The first-order valence-electron chi connectivity index (χ1n) is 41.5. The summed E-state index contributed by atoms with van der Waals surface area (Å²) in [6.07, 6.45) is -15.8. The number of carboxylic acid groups (broad SMARTS) is 1. The standard InChI is InChI=1S/C88H100Cl2N10O28/c1-38(2)13-10-8-6-7-9-11-14-61(106)94-70-73(109)75(111)78(86(120)121)128-87(70)127-77-58-31-43-32-59(77)124-55-24-19-42(29-50(55)89)71(107)69-85(119)98-67(80(114)92-25-12-26-100(4)5)48-33-44(102)34-57(125-88-76(112)74(110)72(108)60(37-101)126-88)62(48)47-28-40(17-22-52(47)103)65(82(116)99-69)95-83(117)66(43)96-84(118)68-49-35-46(36-54(105)63(49)90)123-56-30-41(18-23-53(56)104)64(91-3)81(115)93-51(79(113)97-68)27-39-15-20-45(122-58)21-16-39/h15-24,28-36,38,51,60,64-76,78,87-88,91,101-105,107-112H,6-14,25-27,37H2,1-5H3,(H,92,114)(H,93,115)(H,94,106)(H,95,117)(H,96,118)(H,97,113)(H,98,119)(H,99,116)(H,120,121)/t51-,60-,64-,65-,66-,67+,68-,69+,70-,71-,72-,73-,74+,75+,76+,78+,87-,88+/m1/s1. The molecule has 17 bridgehead atoms. The normalized spacial score (nSPS) is 25.8. The van der Waals surface area contributed by atoms with E-state index in [1.165, 1.54) is 49.5 Å². The van der Waals surface area contributed by atoms with Crippen molar-refractivity contribution < 1.29 is 138 Å². The average Bonchev–Trinajstić information content (AvgIpc) is 0.755. The molecular weight excluding hydrogens is 1720 g/mol. The number of aromatic hydroxyl groups is 4. The van der Waals surface area contributed by atoms with Crippen molar-refractivity contribution in [3.63, 3.8) is 0 Å². The van der Waals surface area contributed by atoms with E-state index in [-0.39, 0.29) is 47.8 Å². The molecule has 8 aliphatic rings. The van der Waals surface area contributed by atoms with Crippen LogP contribution in [0.3, 0.4) is 0 Å². The number of aliphatic carboxylic acids is 1. The molecule has 2 fully saturated rings. The smallest absolute Gasteiger partial charge is 0.335 e. The van der Waals surface area contributed by atoms with Crippen LogP contribution in [-0.4, -0.2) is 234 Å². The molecule has 0 radical (unpaired) electrons. The van der Waals surface area contributed by atoms with E-state index in [9.17, 15) is 75.7 Å². The predicted octanol–water partition coefficient (Wildman–Crippen LogP) is 4.17. The van der Waals surface area contributed by atoms with Gasteiger partial charge in [0.15, 0.2) is 29.1 Å². The van der Waals surface area contributed by atoms with E-state index in [1.54, 1.807) is 19.0 Å². The van der Waals surface area contributed by atoms with Crippen molar-refractivity contribution >= 4 is 76.4 Å². The molecule has 0 aromatic heterocycles. The Hall–Kier alpha value is -11.9. The zero-order chi connectivity index (χ0) is 92.0. The number of nitrogens with one attached hydrogen (secondary N) is 9. The van der Waals surface area contributed by atoms with Crippen molar-refractivity contribution in [3.8, 4) is 80.1 Å². The SMILES string of the molecule is CN[C@H]1C(=O)N[C@@H]2Cc3ccc(cc3)Oc3cc4cc(c3O[C@@H]3O[C@H](C(=O)O)[C@@H](O)[C@H](O)[C@H]3NC(=O)CCCCCCCCC(C)C)Oc3ccc(cc3Cl)[C@@H](O)[C@@H]3NC(=O)[C@H](NC(=O)[C@@H]4NC(=O)[C@H](NC2=O)c2cc(cc(O)c2Cl)Oc2cc1ccc2O)c1ccc(O)c(c1)-c1c(O[C@H]2O[C@H](CO)[C@@H](O)[C@H](O)[C@@H]2O)cc(O)cc1[C@@H](C(=O)NCCCN(C)C)NC3=O. The maximum Gasteiger partial charge on any atom is 0.335 e. The summed E-state index contributed by atoms with van der Waals surface area (Å²) in [7, 11) is 4.95. The summed E-state index contributed by atoms with van der Waals surface area (Å²) in [5.41, 5.74) is -2.68. The lowest BCUT2D eigenvalue weighted by Gasteiger charge is -2.41. The molecule has 38 nitrogen and oxygen atoms in total. The number of halogens is 2. The van der Waals surface area contributed by atoms with Crippen LogP contribution in [0.4, 0.5) is 0 Å². The highest BCUT2D eigenvalue weighted by molar-refractivity contribution is 6.33. The molecule has 128 heavy (non-hydrogen) atoms. The van der Waals surface area contributed by atoms with Gasteiger partial charge in [0.05, 0.1) is 16.7 Å². The van der Waals surface area contributed by atoms with Crippen LogP contribution in [0.5, 0.6) is 69.0 Å². The number of fused-ring (bicyclic) bond motifs is 14. The fraction of sp³-hybridized carbons (Fsp3) is 0.420. The number of rotatable bonds is 22. The molecule has 684 valence electrons. The molecule has 0 aliphatic carbocycles. The maximum absolute atomic E-state index is 16.8. The van der Waals surface area contributed by atoms with E-state index in [1.807, 2.05) is 0 Å². The first kappa shape index (κ1) is 93.7. The number of unbranched alkanes of at least 4 members (excludes halogenated alkanes) is 5. The number of ether oxygens (including phenoxy) is 7. The van der Waals surface area contributed by atoms with Crippen LogP contribution >= 0.6 is 23.2 Å². The Bertz CT molecular complexity index is 5340. The first-order valence-corrected chi connectivity index (χ1v) is 42.3. The Labute approximate surface area is 742 Å². The molecule has 8 amide bonds. The van der Waals surface area contributed by atoms with Crippen LogP contribution in [0.2, 0.25) is 10.0 Å². The van der Waals surface area contributed by atoms with E-state index < -0.39 is 271 Å². The molecular formula is C88H100Cl2N10O28. The Morgan fingerprint density at radius 1 is 0.562 bits per heavy atom. The Balaban J connectivity index is 1.04. The zero-order valence-corrected chi connectivity index (χ0v) is 71.2. The second kappa shape index (κ2) is 40.6. The number of phenolic OH excluding ortho intramolecular Hbond substituents is 4. The Kier molecular flexibility index (Phi) is 29.7. The van der Waals surface area contributed by atoms with Crippen molar-refractivity contribution in [2.24, 2.45) is 5.92 Å². The van der Waals surface area contributed by atoms with Gasteiger partial charge in [0.2, 0.25) is 65.6 Å². The monoisotopic (exact) mass is 1810 g/mol. The van der Waals surface area contributed by atoms with Gasteiger partial charge in [-0.05, 0) is 153 Å². The van der Waals surface area contributed by atoms with E-state index >= 15 is 28.8 Å². The summed E-state index contributed by atoms with van der Waals surface area (Å²) >= 11 is 14.3. The summed E-state index contributed by atoms with van der Waals surface area (Å²) in [5.74, 6) is -17.5. The fourth-order valence-electron chi connectivity index (χ4n) is 15.9. The van der Waals surface area contributed by atoms with E-state index in [0.29, 0.717) is 30.9 Å². The summed E-state index contributed by atoms with van der Waals surface area (Å²) in [5, 5.41) is 161. The second-order valence-corrected chi connectivity index (χ2v) is 33.5. The molecule has 21 N–H and O–H groups in total. The predicted molar refractivity (Wildman–Crippen MR) is 452 cm³/mol. The highest BCUT2D eigenvalue weighted by Crippen LogP contribution is 2.51. The largest absolute Gasteiger partial charge is 0.508 e. The minimum Gasteiger partial charge on any atom is -0.508 e. The molecule has 15 rings (SSSR count). The minimum absolute atomic E-state index is 0.0943. The number of amides is 8. The molecule has 18 atom stereocenters. The number of benzene rings is 7. The zero-order valence-electron chi connectivity index (χ0n) is 69.7. The lowest BCUT2D eigenvalue weighted by molar-refractivity contribution is -0.277. The summed E-state index contributed by atoms with van der Waals surface area (Å²) in [6, 6.07) is 5.68. The van der Waals surface area contributed by atoms with Gasteiger partial charge >= 0.3 is 5.97 Å². The number of nitrogens with zero attached hydrogens (tertiary/aromatic N) is 1. The van der Waals surface area contributed by atoms with Gasteiger partial charge in [-0.15, -0.1) is 0 Å². The fourth-order valence-corrected chi connectivity index (χ4v) is 16.4. The molecule has 2 saturated heterocycles. The van der Waals surface area contributed by atoms with Crippen LogP contribution in [0.15, 0.2) is 115 Å². The van der Waals surface area contributed by atoms with Crippen LogP contribution in [0.1, 0.15) is 147 Å². The van der Waals surface area contributed by atoms with Crippen LogP contribution in [0, 0.1) is 5.92 Å². The summed E-state index contributed by atoms with van der Waals surface area (Å²) in [4.78, 5) is 140. The number of phenols is 4. The molecule has 8 aliphatic heterocycles. The van der Waals surface area contributed by atoms with Gasteiger partial charge in [0, 0.05) is 48.2 Å². The number of aliphatic hydroxyl groups is 7. The Morgan fingerprint density at radius 3 is 1.91 bits per heavy atom. The van der Waals surface area contributed by atoms with E-state index in [2.05, 4.69) is 61.7 Å². The lowest BCUT2D eigenvalue weighted by atomic mass is 9.89. The van der Waals surface area contributed by atoms with Gasteiger partial charge in [-0.25, -0.2) is 4.79 Å². The molecule has 7 aromatic carbocycles. The van der Waals surface area contributed by atoms with Crippen molar-refractivity contribution in [2.45, 2.75) is 188 Å². The summed E-state index contributed by atoms with van der Waals surface area (Å²) in [6.45, 7) is 3.61.